The number of ether oxygens (including phenoxy) is 1. The van der Waals surface area contributed by atoms with E-state index in [0.29, 0.717) is 11.7 Å². The normalized spacial score (nSPS) is 20.8. The zero-order chi connectivity index (χ0) is 29.2. The van der Waals surface area contributed by atoms with Crippen molar-refractivity contribution >= 4 is 17.8 Å². The van der Waals surface area contributed by atoms with Gasteiger partial charge < -0.3 is 20.3 Å². The molecule has 4 heterocycles. The first-order valence-electron chi connectivity index (χ1n) is 11.1. The summed E-state index contributed by atoms with van der Waals surface area (Å²) in [5.41, 5.74) is 1.37. The van der Waals surface area contributed by atoms with Crippen molar-refractivity contribution in [3.63, 3.8) is 0 Å². The molecule has 3 N–H and O–H groups in total. The fourth-order valence-electron chi connectivity index (χ4n) is 3.72. The van der Waals surface area contributed by atoms with Crippen LogP contribution in [0.3, 0.4) is 0 Å². The molecule has 0 aromatic carbocycles. The van der Waals surface area contributed by atoms with Gasteiger partial charge in [-0.05, 0) is 25.0 Å². The number of hydrogen-bond donors (Lipinski definition) is 3. The van der Waals surface area contributed by atoms with Crippen molar-refractivity contribution in [1.29, 1.82) is 0 Å². The van der Waals surface area contributed by atoms with Crippen LogP contribution in [0.2, 0.25) is 0 Å². The maximum atomic E-state index is 12.4. The third kappa shape index (κ3) is 10.1. The number of carboxylic acid groups (broad SMARTS) is 2. The number of carbonyl (C=O) groups excluding carboxylic acids is 1. The molecule has 1 amide bonds. The minimum absolute atomic E-state index is 0.0121. The molecule has 2 aromatic rings. The van der Waals surface area contributed by atoms with Gasteiger partial charge in [-0.2, -0.15) is 26.3 Å². The first kappa shape index (κ1) is 31.4. The van der Waals surface area contributed by atoms with E-state index in [2.05, 4.69) is 25.2 Å². The number of likely N-dealkylation sites (tertiary alicyclic amines) is 1. The van der Waals surface area contributed by atoms with E-state index < -0.39 is 24.3 Å². The lowest BCUT2D eigenvalue weighted by molar-refractivity contribution is -0.193. The van der Waals surface area contributed by atoms with E-state index in [4.69, 9.17) is 24.5 Å². The Bertz CT molecular complexity index is 1070. The van der Waals surface area contributed by atoms with Gasteiger partial charge in [-0.15, -0.1) is 0 Å². The molecule has 4 rings (SSSR count). The molecule has 0 radical (unpaired) electrons. The number of aromatic nitrogens is 3. The van der Waals surface area contributed by atoms with Gasteiger partial charge in [0.05, 0.1) is 24.0 Å². The Morgan fingerprint density at radius 3 is 2.15 bits per heavy atom. The minimum atomic E-state index is -5.08. The van der Waals surface area contributed by atoms with Crippen LogP contribution >= 0.6 is 0 Å². The van der Waals surface area contributed by atoms with Crippen molar-refractivity contribution in [2.75, 3.05) is 13.2 Å². The smallest absolute Gasteiger partial charge is 0.475 e. The Hall–Kier alpha value is -3.86. The van der Waals surface area contributed by atoms with E-state index in [1.54, 1.807) is 6.20 Å². The van der Waals surface area contributed by atoms with Gasteiger partial charge in [0, 0.05) is 44.3 Å². The lowest BCUT2D eigenvalue weighted by Crippen LogP contribution is -2.47. The van der Waals surface area contributed by atoms with Crippen LogP contribution in [0.4, 0.5) is 26.3 Å². The van der Waals surface area contributed by atoms with E-state index in [-0.39, 0.29) is 18.1 Å². The minimum Gasteiger partial charge on any atom is -0.475 e. The Balaban J connectivity index is 0.000000317. The number of amides is 1. The molecule has 0 spiro atoms. The standard InChI is InChI=1S/C18H21N5O2.2C2HF3O2/c24-18(14-10-19-7-8-21-14)22-15-12-23(11-13-4-1-2-6-20-13)16-5-3-9-25-17(15)16;2*3-2(4,5)1(6)7/h1-2,4,6-8,10,15-17H,3,5,9,11-12H2,(H,22,24);2*(H,6,7)/t15-,16-,17-;;/m1../s1. The Morgan fingerprint density at radius 1 is 1.00 bits per heavy atom. The molecule has 39 heavy (non-hydrogen) atoms. The molecular formula is C22H23F6N5O6. The predicted molar refractivity (Wildman–Crippen MR) is 118 cm³/mol. The number of pyridine rings is 1. The van der Waals surface area contributed by atoms with Gasteiger partial charge in [-0.1, -0.05) is 6.07 Å². The molecule has 17 heteroatoms. The largest absolute Gasteiger partial charge is 0.490 e. The summed E-state index contributed by atoms with van der Waals surface area (Å²) in [6.45, 7) is 2.26. The number of carbonyl (C=O) groups is 3. The molecule has 2 aliphatic rings. The molecule has 2 saturated heterocycles. The Kier molecular flexibility index (Phi) is 11.1. The SMILES string of the molecule is O=C(N[C@@H]1CN(Cc2ccccn2)[C@@H]2CCCO[C@@H]21)c1cnccn1.O=C(O)C(F)(F)F.O=C(O)C(F)(F)F. The molecular weight excluding hydrogens is 544 g/mol. The number of carboxylic acids is 2. The molecule has 214 valence electrons. The quantitative estimate of drug-likeness (QED) is 0.469. The highest BCUT2D eigenvalue weighted by Gasteiger charge is 2.44. The summed E-state index contributed by atoms with van der Waals surface area (Å²) >= 11 is 0. The monoisotopic (exact) mass is 567 g/mol. The molecule has 3 atom stereocenters. The molecule has 2 aromatic heterocycles. The second kappa shape index (κ2) is 13.8. The Morgan fingerprint density at radius 2 is 1.64 bits per heavy atom. The van der Waals surface area contributed by atoms with Crippen LogP contribution in [0.25, 0.3) is 0 Å². The molecule has 0 saturated carbocycles. The maximum absolute atomic E-state index is 12.4. The molecule has 2 aliphatic heterocycles. The summed E-state index contributed by atoms with van der Waals surface area (Å²) in [5, 5.41) is 17.3. The highest BCUT2D eigenvalue weighted by molar-refractivity contribution is 5.92. The lowest BCUT2D eigenvalue weighted by atomic mass is 10.0. The van der Waals surface area contributed by atoms with Crippen molar-refractivity contribution in [3.8, 4) is 0 Å². The summed E-state index contributed by atoms with van der Waals surface area (Å²) in [4.78, 5) is 45.1. The summed E-state index contributed by atoms with van der Waals surface area (Å²) in [7, 11) is 0. The molecule has 0 unspecified atom stereocenters. The fourth-order valence-corrected chi connectivity index (χ4v) is 3.72. The van der Waals surface area contributed by atoms with E-state index in [9.17, 15) is 31.1 Å². The summed E-state index contributed by atoms with van der Waals surface area (Å²) in [6.07, 6.45) is -1.65. The van der Waals surface area contributed by atoms with Crippen molar-refractivity contribution in [2.45, 2.75) is 49.9 Å². The number of nitrogens with zero attached hydrogens (tertiary/aromatic N) is 4. The van der Waals surface area contributed by atoms with Crippen molar-refractivity contribution in [2.24, 2.45) is 0 Å². The topological polar surface area (TPSA) is 155 Å². The third-order valence-corrected chi connectivity index (χ3v) is 5.32. The summed E-state index contributed by atoms with van der Waals surface area (Å²) in [5.74, 6) is -5.72. The van der Waals surface area contributed by atoms with Gasteiger partial charge in [0.15, 0.2) is 0 Å². The highest BCUT2D eigenvalue weighted by Crippen LogP contribution is 2.30. The van der Waals surface area contributed by atoms with Crippen LogP contribution in [0.5, 0.6) is 0 Å². The van der Waals surface area contributed by atoms with Gasteiger partial charge in [-0.25, -0.2) is 14.6 Å². The van der Waals surface area contributed by atoms with Crippen LogP contribution in [0, 0.1) is 0 Å². The first-order chi connectivity index (χ1) is 18.2. The zero-order valence-corrected chi connectivity index (χ0v) is 19.9. The highest BCUT2D eigenvalue weighted by atomic mass is 19.4. The maximum Gasteiger partial charge on any atom is 0.490 e. The summed E-state index contributed by atoms with van der Waals surface area (Å²) < 4.78 is 69.5. The molecule has 0 bridgehead atoms. The van der Waals surface area contributed by atoms with Crippen LogP contribution in [-0.4, -0.2) is 91.6 Å². The number of rotatable bonds is 4. The van der Waals surface area contributed by atoms with Crippen LogP contribution in [0.15, 0.2) is 43.0 Å². The average Bonchev–Trinajstić information content (AvgIpc) is 3.21. The van der Waals surface area contributed by atoms with E-state index in [1.807, 2.05) is 24.4 Å². The number of hydrogen-bond acceptors (Lipinski definition) is 8. The number of aliphatic carboxylic acids is 2. The van der Waals surface area contributed by atoms with Gasteiger partial charge in [-0.3, -0.25) is 19.7 Å². The molecule has 0 aliphatic carbocycles. The van der Waals surface area contributed by atoms with Crippen LogP contribution < -0.4 is 5.32 Å². The number of alkyl halides is 6. The zero-order valence-electron chi connectivity index (χ0n) is 19.9. The second-order valence-corrected chi connectivity index (χ2v) is 8.07. The van der Waals surface area contributed by atoms with Gasteiger partial charge in [0.1, 0.15) is 5.69 Å². The van der Waals surface area contributed by atoms with Crippen LogP contribution in [-0.2, 0) is 20.9 Å². The van der Waals surface area contributed by atoms with Crippen molar-refractivity contribution < 1.29 is 55.7 Å². The van der Waals surface area contributed by atoms with Gasteiger partial charge >= 0.3 is 24.3 Å². The number of halogens is 6. The predicted octanol–water partition coefficient (Wildman–Crippen LogP) is 2.30. The first-order valence-corrected chi connectivity index (χ1v) is 11.1. The Labute approximate surface area is 216 Å². The second-order valence-electron chi connectivity index (χ2n) is 8.07. The third-order valence-electron chi connectivity index (χ3n) is 5.32. The van der Waals surface area contributed by atoms with E-state index >= 15 is 0 Å². The fraction of sp³-hybridized carbons (Fsp3) is 0.455. The summed E-state index contributed by atoms with van der Waals surface area (Å²) in [6, 6.07) is 6.21. The average molecular weight is 567 g/mol. The van der Waals surface area contributed by atoms with E-state index in [1.165, 1.54) is 12.4 Å². The van der Waals surface area contributed by atoms with Crippen molar-refractivity contribution in [1.82, 2.24) is 25.2 Å². The number of nitrogens with one attached hydrogen (secondary N) is 1. The lowest BCUT2D eigenvalue weighted by Gasteiger charge is -2.32. The van der Waals surface area contributed by atoms with E-state index in [0.717, 1.165) is 38.2 Å². The van der Waals surface area contributed by atoms with Gasteiger partial charge in [0.2, 0.25) is 0 Å². The molecule has 11 nitrogen and oxygen atoms in total. The molecule has 2 fully saturated rings. The van der Waals surface area contributed by atoms with Crippen LogP contribution in [0.1, 0.15) is 29.0 Å². The number of fused-ring (bicyclic) bond motifs is 1. The van der Waals surface area contributed by atoms with Gasteiger partial charge in [0.25, 0.3) is 5.91 Å². The van der Waals surface area contributed by atoms with Crippen molar-refractivity contribution in [3.05, 3.63) is 54.4 Å².